The van der Waals surface area contributed by atoms with E-state index in [0.717, 1.165) is 25.9 Å². The van der Waals surface area contributed by atoms with E-state index in [2.05, 4.69) is 41.0 Å². The molecule has 4 nitrogen and oxygen atoms in total. The van der Waals surface area contributed by atoms with Crippen molar-refractivity contribution in [3.8, 4) is 0 Å². The minimum atomic E-state index is -0.666. The fraction of sp³-hybridized carbons (Fsp3) is 0.588. The lowest BCUT2D eigenvalue weighted by Crippen LogP contribution is -2.36. The average Bonchev–Trinajstić information content (AvgIpc) is 2.47. The highest BCUT2D eigenvalue weighted by atomic mass is 16.4. The van der Waals surface area contributed by atoms with Gasteiger partial charge >= 0.3 is 5.97 Å². The summed E-state index contributed by atoms with van der Waals surface area (Å²) in [5.41, 5.74) is 2.54. The van der Waals surface area contributed by atoms with Gasteiger partial charge < -0.3 is 10.0 Å². The molecule has 4 heteroatoms. The maximum Gasteiger partial charge on any atom is 0.303 e. The second kappa shape index (κ2) is 6.94. The van der Waals surface area contributed by atoms with Crippen molar-refractivity contribution < 1.29 is 9.90 Å². The minimum Gasteiger partial charge on any atom is -0.481 e. The van der Waals surface area contributed by atoms with E-state index in [-0.39, 0.29) is 0 Å². The molecule has 116 valence electrons. The number of benzene rings is 1. The van der Waals surface area contributed by atoms with Crippen molar-refractivity contribution in [2.24, 2.45) is 5.92 Å². The normalized spacial score (nSPS) is 18.4. The van der Waals surface area contributed by atoms with Crippen LogP contribution in [0.15, 0.2) is 24.3 Å². The van der Waals surface area contributed by atoms with Gasteiger partial charge in [-0.2, -0.15) is 0 Å². The molecule has 0 spiro atoms. The third-order valence-electron chi connectivity index (χ3n) is 4.55. The van der Waals surface area contributed by atoms with Crippen molar-refractivity contribution in [3.05, 3.63) is 29.8 Å². The quantitative estimate of drug-likeness (QED) is 0.905. The zero-order valence-electron chi connectivity index (χ0n) is 13.2. The number of anilines is 1. The number of piperidine rings is 1. The van der Waals surface area contributed by atoms with Gasteiger partial charge in [0.25, 0.3) is 0 Å². The number of likely N-dealkylation sites (tertiary alicyclic amines) is 1. The van der Waals surface area contributed by atoms with E-state index in [1.165, 1.54) is 11.3 Å². The van der Waals surface area contributed by atoms with Crippen LogP contribution in [0.25, 0.3) is 0 Å². The van der Waals surface area contributed by atoms with Crippen LogP contribution in [0.4, 0.5) is 5.69 Å². The number of aliphatic carboxylic acids is 1. The fourth-order valence-electron chi connectivity index (χ4n) is 3.05. The standard InChI is InChI=1S/C17H26N2O2/c1-13(15-4-6-16(7-5-15)18(2)3)19-10-8-14(9-11-19)12-17(20)21/h4-7,13-14H,8-12H2,1-3H3,(H,20,21). The van der Waals surface area contributed by atoms with E-state index >= 15 is 0 Å². The van der Waals surface area contributed by atoms with Gasteiger partial charge in [0.1, 0.15) is 0 Å². The smallest absolute Gasteiger partial charge is 0.303 e. The van der Waals surface area contributed by atoms with Crippen LogP contribution in [0.1, 0.15) is 37.8 Å². The molecule has 0 aliphatic carbocycles. The van der Waals surface area contributed by atoms with E-state index in [0.29, 0.717) is 18.4 Å². The first kappa shape index (κ1) is 15.8. The van der Waals surface area contributed by atoms with Gasteiger partial charge in [0.05, 0.1) is 0 Å². The molecule has 1 unspecified atom stereocenters. The number of nitrogens with zero attached hydrogens (tertiary/aromatic N) is 2. The summed E-state index contributed by atoms with van der Waals surface area (Å²) in [6.07, 6.45) is 2.30. The number of carboxylic acid groups (broad SMARTS) is 1. The average molecular weight is 290 g/mol. The molecular formula is C17H26N2O2. The van der Waals surface area contributed by atoms with Crippen LogP contribution < -0.4 is 4.90 Å². The summed E-state index contributed by atoms with van der Waals surface area (Å²) in [6, 6.07) is 9.10. The third kappa shape index (κ3) is 4.21. The highest BCUT2D eigenvalue weighted by molar-refractivity contribution is 5.67. The molecule has 1 N–H and O–H groups in total. The lowest BCUT2D eigenvalue weighted by molar-refractivity contribution is -0.138. The Labute approximate surface area is 127 Å². The van der Waals surface area contributed by atoms with Gasteiger partial charge in [-0.1, -0.05) is 12.1 Å². The van der Waals surface area contributed by atoms with Crippen LogP contribution in [-0.4, -0.2) is 43.2 Å². The summed E-state index contributed by atoms with van der Waals surface area (Å²) in [4.78, 5) is 15.3. The van der Waals surface area contributed by atoms with Crippen LogP contribution >= 0.6 is 0 Å². The van der Waals surface area contributed by atoms with Crippen LogP contribution in [0, 0.1) is 5.92 Å². The van der Waals surface area contributed by atoms with Crippen LogP contribution in [0.5, 0.6) is 0 Å². The molecule has 1 atom stereocenters. The monoisotopic (exact) mass is 290 g/mol. The molecule has 1 fully saturated rings. The number of hydrogen-bond donors (Lipinski definition) is 1. The van der Waals surface area contributed by atoms with Crippen molar-refractivity contribution >= 4 is 11.7 Å². The van der Waals surface area contributed by atoms with Gasteiger partial charge in [-0.25, -0.2) is 0 Å². The van der Waals surface area contributed by atoms with Crippen LogP contribution in [0.2, 0.25) is 0 Å². The highest BCUT2D eigenvalue weighted by Crippen LogP contribution is 2.28. The van der Waals surface area contributed by atoms with E-state index in [1.54, 1.807) is 0 Å². The number of hydrogen-bond acceptors (Lipinski definition) is 3. The van der Waals surface area contributed by atoms with Crippen molar-refractivity contribution in [1.29, 1.82) is 0 Å². The maximum absolute atomic E-state index is 10.8. The predicted octanol–water partition coefficient (Wildman–Crippen LogP) is 3.00. The van der Waals surface area contributed by atoms with Gasteiger partial charge in [0.2, 0.25) is 0 Å². The second-order valence-corrected chi connectivity index (χ2v) is 6.24. The number of carbonyl (C=O) groups is 1. The Bertz CT molecular complexity index is 462. The van der Waals surface area contributed by atoms with Gasteiger partial charge in [-0.3, -0.25) is 9.69 Å². The van der Waals surface area contributed by atoms with E-state index in [1.807, 2.05) is 14.1 Å². The van der Waals surface area contributed by atoms with Crippen LogP contribution in [0.3, 0.4) is 0 Å². The first-order valence-electron chi connectivity index (χ1n) is 7.70. The van der Waals surface area contributed by atoms with Crippen LogP contribution in [-0.2, 0) is 4.79 Å². The third-order valence-corrected chi connectivity index (χ3v) is 4.55. The Morgan fingerprint density at radius 1 is 1.29 bits per heavy atom. The Hall–Kier alpha value is -1.55. The molecule has 0 radical (unpaired) electrons. The van der Waals surface area contributed by atoms with Gasteiger partial charge in [-0.15, -0.1) is 0 Å². The molecule has 0 aromatic heterocycles. The molecule has 1 aromatic carbocycles. The maximum atomic E-state index is 10.8. The molecule has 1 heterocycles. The van der Waals surface area contributed by atoms with Gasteiger partial charge in [0.15, 0.2) is 0 Å². The summed E-state index contributed by atoms with van der Waals surface area (Å²) in [7, 11) is 4.09. The molecule has 1 aliphatic heterocycles. The molecule has 21 heavy (non-hydrogen) atoms. The largest absolute Gasteiger partial charge is 0.481 e. The second-order valence-electron chi connectivity index (χ2n) is 6.24. The van der Waals surface area contributed by atoms with E-state index < -0.39 is 5.97 Å². The molecule has 0 saturated carbocycles. The van der Waals surface area contributed by atoms with Crippen molar-refractivity contribution in [2.75, 3.05) is 32.1 Å². The summed E-state index contributed by atoms with van der Waals surface area (Å²) < 4.78 is 0. The first-order chi connectivity index (χ1) is 9.97. The summed E-state index contributed by atoms with van der Waals surface area (Å²) in [6.45, 7) is 4.23. The summed E-state index contributed by atoms with van der Waals surface area (Å²) >= 11 is 0. The van der Waals surface area contributed by atoms with Gasteiger partial charge in [0, 0.05) is 32.2 Å². The summed E-state index contributed by atoms with van der Waals surface area (Å²) in [5, 5.41) is 8.87. The van der Waals surface area contributed by atoms with E-state index in [4.69, 9.17) is 5.11 Å². The first-order valence-corrected chi connectivity index (χ1v) is 7.70. The molecule has 2 rings (SSSR count). The number of carboxylic acids is 1. The molecule has 0 bridgehead atoms. The van der Waals surface area contributed by atoms with Crippen molar-refractivity contribution in [1.82, 2.24) is 4.90 Å². The molecular weight excluding hydrogens is 264 g/mol. The SMILES string of the molecule is CC(c1ccc(N(C)C)cc1)N1CCC(CC(=O)O)CC1. The number of rotatable bonds is 5. The Balaban J connectivity index is 1.92. The molecule has 0 amide bonds. The predicted molar refractivity (Wildman–Crippen MR) is 85.7 cm³/mol. The Kier molecular flexibility index (Phi) is 5.23. The minimum absolute atomic E-state index is 0.319. The van der Waals surface area contributed by atoms with Crippen molar-refractivity contribution in [3.63, 3.8) is 0 Å². The van der Waals surface area contributed by atoms with Crippen molar-refractivity contribution in [2.45, 2.75) is 32.2 Å². The zero-order valence-corrected chi connectivity index (χ0v) is 13.2. The topological polar surface area (TPSA) is 43.8 Å². The fourth-order valence-corrected chi connectivity index (χ4v) is 3.05. The lowest BCUT2D eigenvalue weighted by atomic mass is 9.92. The Morgan fingerprint density at radius 3 is 2.33 bits per heavy atom. The zero-order chi connectivity index (χ0) is 15.4. The van der Waals surface area contributed by atoms with Gasteiger partial charge in [-0.05, 0) is 56.5 Å². The molecule has 1 aliphatic rings. The molecule has 1 aromatic rings. The molecule has 1 saturated heterocycles. The highest BCUT2D eigenvalue weighted by Gasteiger charge is 2.24. The Morgan fingerprint density at radius 2 is 1.86 bits per heavy atom. The lowest BCUT2D eigenvalue weighted by Gasteiger charge is -2.36. The van der Waals surface area contributed by atoms with E-state index in [9.17, 15) is 4.79 Å². The summed E-state index contributed by atoms with van der Waals surface area (Å²) in [5.74, 6) is -0.317.